The van der Waals surface area contributed by atoms with E-state index in [2.05, 4.69) is 16.6 Å². The Hall–Kier alpha value is -2.07. The Morgan fingerprint density at radius 3 is 2.64 bits per heavy atom. The second kappa shape index (κ2) is 4.84. The second-order valence-electron chi connectivity index (χ2n) is 2.24. The average Bonchev–Trinajstić information content (AvgIpc) is 2.16. The Morgan fingerprint density at radius 2 is 2.00 bits per heavy atom. The van der Waals surface area contributed by atoms with Gasteiger partial charge in [0.05, 0.1) is 5.56 Å². The number of nitrogens with zero attached hydrogens (tertiary/aromatic N) is 1. The van der Waals surface area contributed by atoms with E-state index in [1.807, 2.05) is 0 Å². The van der Waals surface area contributed by atoms with Gasteiger partial charge in [0.25, 0.3) is 0 Å². The van der Waals surface area contributed by atoms with E-state index in [-0.39, 0.29) is 11.3 Å². The van der Waals surface area contributed by atoms with Crippen LogP contribution in [0.5, 0.6) is 5.75 Å². The largest absolute Gasteiger partial charge is 0.434 e. The van der Waals surface area contributed by atoms with Gasteiger partial charge in [-0.05, 0) is 18.1 Å². The fourth-order valence-corrected chi connectivity index (χ4v) is 0.864. The topological polar surface area (TPSA) is 33.0 Å². The van der Waals surface area contributed by atoms with Gasteiger partial charge in [0.15, 0.2) is 6.07 Å². The van der Waals surface area contributed by atoms with Gasteiger partial charge in [0, 0.05) is 5.92 Å². The van der Waals surface area contributed by atoms with E-state index >= 15 is 0 Å². The molecule has 0 amide bonds. The van der Waals surface area contributed by atoms with Crippen LogP contribution in [-0.2, 0) is 0 Å². The molecule has 0 aliphatic carbocycles. The molecule has 1 rings (SSSR count). The monoisotopic (exact) mass is 193 g/mol. The van der Waals surface area contributed by atoms with Crippen LogP contribution in [0, 0.1) is 23.2 Å². The molecule has 0 spiro atoms. The zero-order valence-electron chi connectivity index (χ0n) is 7.00. The number of ether oxygens (including phenoxy) is 1. The van der Waals surface area contributed by atoms with Crippen LogP contribution in [0.15, 0.2) is 24.3 Å². The van der Waals surface area contributed by atoms with Gasteiger partial charge >= 0.3 is 6.61 Å². The molecule has 1 aromatic rings. The van der Waals surface area contributed by atoms with Crippen LogP contribution in [0.2, 0.25) is 0 Å². The maximum atomic E-state index is 11.9. The molecule has 2 nitrogen and oxygen atoms in total. The summed E-state index contributed by atoms with van der Waals surface area (Å²) in [4.78, 5) is 0. The third kappa shape index (κ3) is 2.76. The van der Waals surface area contributed by atoms with Crippen molar-refractivity contribution in [2.45, 2.75) is 6.61 Å². The van der Waals surface area contributed by atoms with Crippen molar-refractivity contribution in [1.82, 2.24) is 0 Å². The van der Waals surface area contributed by atoms with E-state index in [1.165, 1.54) is 12.1 Å². The van der Waals surface area contributed by atoms with Gasteiger partial charge in [-0.2, -0.15) is 14.0 Å². The number of nitriles is 1. The van der Waals surface area contributed by atoms with Gasteiger partial charge in [0.1, 0.15) is 5.75 Å². The summed E-state index contributed by atoms with van der Waals surface area (Å²) in [6.45, 7) is -2.89. The summed E-state index contributed by atoms with van der Waals surface area (Å²) in [5, 5.41) is 8.19. The Bertz CT molecular complexity index is 412. The molecule has 0 radical (unpaired) electrons. The number of para-hydroxylation sites is 1. The molecule has 0 bridgehead atoms. The minimum Gasteiger partial charge on any atom is -0.434 e. The summed E-state index contributed by atoms with van der Waals surface area (Å²) >= 11 is 0. The van der Waals surface area contributed by atoms with E-state index in [9.17, 15) is 8.78 Å². The lowest BCUT2D eigenvalue weighted by Crippen LogP contribution is -2.03. The van der Waals surface area contributed by atoms with Crippen LogP contribution >= 0.6 is 0 Å². The summed E-state index contributed by atoms with van der Waals surface area (Å²) in [7, 11) is 0. The molecule has 14 heavy (non-hydrogen) atoms. The van der Waals surface area contributed by atoms with Crippen LogP contribution in [0.4, 0.5) is 8.78 Å². The molecule has 70 valence electrons. The van der Waals surface area contributed by atoms with Crippen LogP contribution < -0.4 is 4.74 Å². The predicted octanol–water partition coefficient (Wildman–Crippen LogP) is 2.16. The molecule has 0 fully saturated rings. The van der Waals surface area contributed by atoms with Crippen LogP contribution in [-0.4, -0.2) is 6.61 Å². The Balaban J connectivity index is 2.98. The summed E-state index contributed by atoms with van der Waals surface area (Å²) in [5.41, 5.74) is 0.273. The summed E-state index contributed by atoms with van der Waals surface area (Å²) in [6, 6.07) is 7.64. The van der Waals surface area contributed by atoms with Crippen molar-refractivity contribution in [2.24, 2.45) is 0 Å². The van der Waals surface area contributed by atoms with E-state index in [1.54, 1.807) is 18.2 Å². The highest BCUT2D eigenvalue weighted by Crippen LogP contribution is 2.18. The van der Waals surface area contributed by atoms with Gasteiger partial charge in [-0.1, -0.05) is 12.1 Å². The normalized spacial score (nSPS) is 8.71. The third-order valence-electron chi connectivity index (χ3n) is 1.36. The van der Waals surface area contributed by atoms with Crippen molar-refractivity contribution in [1.29, 1.82) is 5.26 Å². The van der Waals surface area contributed by atoms with E-state index in [0.29, 0.717) is 0 Å². The minimum atomic E-state index is -2.89. The van der Waals surface area contributed by atoms with Crippen molar-refractivity contribution < 1.29 is 13.5 Å². The smallest absolute Gasteiger partial charge is 0.387 e. The quantitative estimate of drug-likeness (QED) is 0.674. The van der Waals surface area contributed by atoms with E-state index < -0.39 is 6.61 Å². The first-order valence-corrected chi connectivity index (χ1v) is 3.68. The Morgan fingerprint density at radius 1 is 1.29 bits per heavy atom. The maximum Gasteiger partial charge on any atom is 0.387 e. The SMILES string of the molecule is N#CC#Cc1ccccc1OC(F)F. The number of hydrogen-bond donors (Lipinski definition) is 0. The Kier molecular flexibility index (Phi) is 3.46. The van der Waals surface area contributed by atoms with Crippen LogP contribution in [0.25, 0.3) is 0 Å². The zero-order chi connectivity index (χ0) is 10.4. The molecule has 1 aromatic carbocycles. The predicted molar refractivity (Wildman–Crippen MR) is 45.6 cm³/mol. The standard InChI is InChI=1S/C10H5F2NO/c11-10(12)14-9-6-2-1-4-8(9)5-3-7-13/h1-2,4,6,10H. The first-order chi connectivity index (χ1) is 6.74. The highest BCUT2D eigenvalue weighted by atomic mass is 19.3. The maximum absolute atomic E-state index is 11.9. The van der Waals surface area contributed by atoms with Crippen molar-refractivity contribution >= 4 is 0 Å². The van der Waals surface area contributed by atoms with Gasteiger partial charge in [-0.3, -0.25) is 0 Å². The van der Waals surface area contributed by atoms with E-state index in [4.69, 9.17) is 5.26 Å². The average molecular weight is 193 g/mol. The second-order valence-corrected chi connectivity index (χ2v) is 2.24. The lowest BCUT2D eigenvalue weighted by molar-refractivity contribution is -0.0500. The van der Waals surface area contributed by atoms with Gasteiger partial charge in [0.2, 0.25) is 0 Å². The molecular formula is C10H5F2NO. The molecule has 0 saturated heterocycles. The van der Waals surface area contributed by atoms with Crippen LogP contribution in [0.3, 0.4) is 0 Å². The molecule has 0 N–H and O–H groups in total. The highest BCUT2D eigenvalue weighted by Gasteiger charge is 2.06. The minimum absolute atomic E-state index is 0.0229. The number of rotatable bonds is 2. The number of halogens is 2. The van der Waals surface area contributed by atoms with Gasteiger partial charge in [-0.25, -0.2) is 0 Å². The highest BCUT2D eigenvalue weighted by molar-refractivity contribution is 5.47. The van der Waals surface area contributed by atoms with Gasteiger partial charge < -0.3 is 4.74 Å². The molecule has 0 saturated carbocycles. The van der Waals surface area contributed by atoms with Crippen molar-refractivity contribution in [3.63, 3.8) is 0 Å². The molecule has 0 heterocycles. The van der Waals surface area contributed by atoms with Crippen molar-refractivity contribution in [2.75, 3.05) is 0 Å². The molecular weight excluding hydrogens is 188 g/mol. The summed E-state index contributed by atoms with van der Waals surface area (Å²) in [5.74, 6) is 4.48. The summed E-state index contributed by atoms with van der Waals surface area (Å²) in [6.07, 6.45) is 0. The zero-order valence-corrected chi connectivity index (χ0v) is 7.00. The fraction of sp³-hybridized carbons (Fsp3) is 0.100. The fourth-order valence-electron chi connectivity index (χ4n) is 0.864. The molecule has 0 aliphatic rings. The molecule has 4 heteroatoms. The van der Waals surface area contributed by atoms with Crippen molar-refractivity contribution in [3.8, 4) is 23.7 Å². The molecule has 0 atom stereocenters. The van der Waals surface area contributed by atoms with Crippen LogP contribution in [0.1, 0.15) is 5.56 Å². The number of benzene rings is 1. The molecule has 0 unspecified atom stereocenters. The van der Waals surface area contributed by atoms with E-state index in [0.717, 1.165) is 0 Å². The number of hydrogen-bond acceptors (Lipinski definition) is 2. The van der Waals surface area contributed by atoms with Crippen molar-refractivity contribution in [3.05, 3.63) is 29.8 Å². The Labute approximate surface area is 79.7 Å². The molecule has 0 aliphatic heterocycles. The first-order valence-electron chi connectivity index (χ1n) is 3.68. The lowest BCUT2D eigenvalue weighted by atomic mass is 10.2. The number of alkyl halides is 2. The summed E-state index contributed by atoms with van der Waals surface area (Å²) < 4.78 is 28.0. The lowest BCUT2D eigenvalue weighted by Gasteiger charge is -2.05. The third-order valence-corrected chi connectivity index (χ3v) is 1.36. The molecule has 0 aromatic heterocycles. The van der Waals surface area contributed by atoms with Gasteiger partial charge in [-0.15, -0.1) is 0 Å². The first kappa shape index (κ1) is 10.0.